The fraction of sp³-hybridized carbons (Fsp3) is 0.600. The maximum atomic E-state index is 9.62. The lowest BCUT2D eigenvalue weighted by atomic mass is 10.3. The van der Waals surface area contributed by atoms with Gasteiger partial charge in [-0.3, -0.25) is 0 Å². The molecule has 1 aromatic heterocycles. The summed E-state index contributed by atoms with van der Waals surface area (Å²) in [6, 6.07) is 2.18. The van der Waals surface area contributed by atoms with Crippen molar-refractivity contribution < 1.29 is 5.11 Å². The van der Waals surface area contributed by atoms with E-state index in [1.807, 2.05) is 0 Å². The van der Waals surface area contributed by atoms with E-state index >= 15 is 0 Å². The van der Waals surface area contributed by atoms with E-state index in [0.717, 1.165) is 0 Å². The highest BCUT2D eigenvalue weighted by molar-refractivity contribution is 7.99. The molecule has 0 amide bonds. The number of aromatic nitrogens is 2. The molecule has 0 spiro atoms. The molecular weight excluding hydrogens is 210 g/mol. The summed E-state index contributed by atoms with van der Waals surface area (Å²) in [5, 5.41) is 13.5. The van der Waals surface area contributed by atoms with Crippen molar-refractivity contribution in [3.63, 3.8) is 0 Å². The Hall–Kier alpha value is -0.650. The summed E-state index contributed by atoms with van der Waals surface area (Å²) in [4.78, 5) is 8.13. The van der Waals surface area contributed by atoms with Crippen molar-refractivity contribution in [1.29, 1.82) is 0 Å². The molecule has 0 saturated heterocycles. The van der Waals surface area contributed by atoms with Crippen LogP contribution in [0.3, 0.4) is 0 Å². The van der Waals surface area contributed by atoms with Crippen LogP contribution in [0.2, 0.25) is 0 Å². The highest BCUT2D eigenvalue weighted by atomic mass is 32.2. The van der Waals surface area contributed by atoms with Crippen LogP contribution in [0.4, 0.5) is 0 Å². The van der Waals surface area contributed by atoms with Gasteiger partial charge in [-0.05, 0) is 6.07 Å². The van der Waals surface area contributed by atoms with Gasteiger partial charge in [-0.1, -0.05) is 25.6 Å². The molecule has 0 fully saturated rings. The number of nitrogens with zero attached hydrogens (tertiary/aromatic N) is 2. The van der Waals surface area contributed by atoms with E-state index in [9.17, 15) is 5.11 Å². The highest BCUT2D eigenvalue weighted by Gasteiger charge is 2.06. The molecule has 1 heterocycles. The average molecular weight is 227 g/mol. The predicted molar refractivity (Wildman–Crippen MR) is 61.9 cm³/mol. The van der Waals surface area contributed by atoms with Crippen molar-refractivity contribution in [3.8, 4) is 0 Å². The van der Waals surface area contributed by atoms with Gasteiger partial charge in [-0.2, -0.15) is 0 Å². The van der Waals surface area contributed by atoms with E-state index in [0.29, 0.717) is 23.5 Å². The monoisotopic (exact) mass is 227 g/mol. The average Bonchev–Trinajstić information content (AvgIpc) is 2.25. The van der Waals surface area contributed by atoms with Crippen molar-refractivity contribution in [3.05, 3.63) is 18.5 Å². The van der Waals surface area contributed by atoms with Gasteiger partial charge < -0.3 is 10.4 Å². The molecule has 1 aromatic rings. The molecule has 0 aliphatic carbocycles. The van der Waals surface area contributed by atoms with Crippen LogP contribution in [-0.2, 0) is 0 Å². The van der Waals surface area contributed by atoms with Gasteiger partial charge >= 0.3 is 0 Å². The fourth-order valence-corrected chi connectivity index (χ4v) is 1.69. The molecule has 15 heavy (non-hydrogen) atoms. The summed E-state index contributed by atoms with van der Waals surface area (Å²) >= 11 is 1.47. The van der Waals surface area contributed by atoms with Crippen LogP contribution in [0.15, 0.2) is 23.6 Å². The van der Waals surface area contributed by atoms with Crippen molar-refractivity contribution in [2.45, 2.75) is 31.1 Å². The van der Waals surface area contributed by atoms with Crippen molar-refractivity contribution in [2.75, 3.05) is 12.3 Å². The minimum absolute atomic E-state index is 0.360. The van der Waals surface area contributed by atoms with Gasteiger partial charge in [0.25, 0.3) is 0 Å². The van der Waals surface area contributed by atoms with Crippen molar-refractivity contribution in [1.82, 2.24) is 15.3 Å². The second-order valence-corrected chi connectivity index (χ2v) is 4.55. The van der Waals surface area contributed by atoms with Gasteiger partial charge in [0.05, 0.1) is 6.10 Å². The molecule has 84 valence electrons. The van der Waals surface area contributed by atoms with Gasteiger partial charge in [-0.25, -0.2) is 9.97 Å². The Bertz CT molecular complexity index is 269. The topological polar surface area (TPSA) is 58.0 Å². The lowest BCUT2D eigenvalue weighted by molar-refractivity contribution is 0.192. The van der Waals surface area contributed by atoms with Crippen LogP contribution in [0.1, 0.15) is 13.8 Å². The number of hydrogen-bond acceptors (Lipinski definition) is 5. The number of nitrogens with one attached hydrogen (secondary N) is 1. The first-order valence-electron chi connectivity index (χ1n) is 4.99. The fourth-order valence-electron chi connectivity index (χ4n) is 0.961. The zero-order chi connectivity index (χ0) is 11.1. The first kappa shape index (κ1) is 12.4. The smallest absolute Gasteiger partial charge is 0.187 e. The van der Waals surface area contributed by atoms with Crippen LogP contribution in [0.5, 0.6) is 0 Å². The standard InChI is InChI=1S/C10H17N3OS/c1-8(2)13-6-9(14)7-15-10-11-4-3-5-12-10/h3-5,8-9,13-14H,6-7H2,1-2H3. The van der Waals surface area contributed by atoms with Crippen LogP contribution >= 0.6 is 11.8 Å². The molecule has 5 heteroatoms. The maximum Gasteiger partial charge on any atom is 0.187 e. The van der Waals surface area contributed by atoms with E-state index in [1.165, 1.54) is 11.8 Å². The SMILES string of the molecule is CC(C)NCC(O)CSc1ncccn1. The van der Waals surface area contributed by atoms with E-state index < -0.39 is 0 Å². The Balaban J connectivity index is 2.19. The molecule has 2 N–H and O–H groups in total. The van der Waals surface area contributed by atoms with Gasteiger partial charge in [0, 0.05) is 30.7 Å². The van der Waals surface area contributed by atoms with Gasteiger partial charge in [0.15, 0.2) is 5.16 Å². The second kappa shape index (κ2) is 6.76. The Morgan fingerprint density at radius 2 is 2.07 bits per heavy atom. The Morgan fingerprint density at radius 1 is 1.40 bits per heavy atom. The molecule has 1 atom stereocenters. The molecule has 0 aromatic carbocycles. The molecule has 1 rings (SSSR count). The zero-order valence-electron chi connectivity index (χ0n) is 9.05. The largest absolute Gasteiger partial charge is 0.391 e. The molecule has 0 radical (unpaired) electrons. The predicted octanol–water partition coefficient (Wildman–Crippen LogP) is 0.928. The third-order valence-corrected chi connectivity index (χ3v) is 2.73. The molecule has 0 aliphatic heterocycles. The van der Waals surface area contributed by atoms with Gasteiger partial charge in [0.1, 0.15) is 0 Å². The first-order chi connectivity index (χ1) is 7.18. The molecule has 1 unspecified atom stereocenters. The number of rotatable bonds is 6. The van der Waals surface area contributed by atoms with Crippen molar-refractivity contribution >= 4 is 11.8 Å². The minimum atomic E-state index is -0.360. The zero-order valence-corrected chi connectivity index (χ0v) is 9.87. The van der Waals surface area contributed by atoms with Crippen LogP contribution < -0.4 is 5.32 Å². The number of aliphatic hydroxyl groups excluding tert-OH is 1. The van der Waals surface area contributed by atoms with E-state index in [4.69, 9.17) is 0 Å². The normalized spacial score (nSPS) is 13.1. The highest BCUT2D eigenvalue weighted by Crippen LogP contribution is 2.11. The van der Waals surface area contributed by atoms with E-state index in [-0.39, 0.29) is 6.10 Å². The molecule has 0 aliphatic rings. The first-order valence-corrected chi connectivity index (χ1v) is 5.98. The van der Waals surface area contributed by atoms with Crippen LogP contribution in [0.25, 0.3) is 0 Å². The summed E-state index contributed by atoms with van der Waals surface area (Å²) in [5.74, 6) is 0.615. The van der Waals surface area contributed by atoms with Crippen LogP contribution in [0, 0.1) is 0 Å². The lowest BCUT2D eigenvalue weighted by Gasteiger charge is -2.12. The lowest BCUT2D eigenvalue weighted by Crippen LogP contribution is -2.33. The Labute approximate surface area is 94.5 Å². The molecule has 0 saturated carbocycles. The summed E-state index contributed by atoms with van der Waals surface area (Å²) < 4.78 is 0. The maximum absolute atomic E-state index is 9.62. The number of hydrogen-bond donors (Lipinski definition) is 2. The minimum Gasteiger partial charge on any atom is -0.391 e. The third-order valence-electron chi connectivity index (χ3n) is 1.71. The van der Waals surface area contributed by atoms with Crippen LogP contribution in [-0.4, -0.2) is 39.5 Å². The number of aliphatic hydroxyl groups is 1. The Morgan fingerprint density at radius 3 is 2.67 bits per heavy atom. The molecule has 0 bridgehead atoms. The van der Waals surface area contributed by atoms with E-state index in [1.54, 1.807) is 18.5 Å². The summed E-state index contributed by atoms with van der Waals surface area (Å²) in [6.45, 7) is 4.72. The summed E-state index contributed by atoms with van der Waals surface area (Å²) in [7, 11) is 0. The quantitative estimate of drug-likeness (QED) is 0.559. The van der Waals surface area contributed by atoms with Crippen molar-refractivity contribution in [2.24, 2.45) is 0 Å². The molecule has 4 nitrogen and oxygen atoms in total. The summed E-state index contributed by atoms with van der Waals surface area (Å²) in [6.07, 6.45) is 3.04. The van der Waals surface area contributed by atoms with E-state index in [2.05, 4.69) is 29.1 Å². The van der Waals surface area contributed by atoms with Gasteiger partial charge in [0.2, 0.25) is 0 Å². The third kappa shape index (κ3) is 5.71. The van der Waals surface area contributed by atoms with Gasteiger partial charge in [-0.15, -0.1) is 0 Å². The molecular formula is C10H17N3OS. The Kier molecular flexibility index (Phi) is 5.60. The number of thioether (sulfide) groups is 1. The summed E-state index contributed by atoms with van der Waals surface area (Å²) in [5.41, 5.74) is 0. The second-order valence-electron chi connectivity index (χ2n) is 3.56.